The third kappa shape index (κ3) is 1.93. The van der Waals surface area contributed by atoms with E-state index in [9.17, 15) is 4.79 Å². The molecule has 0 spiro atoms. The topological polar surface area (TPSA) is 26.3 Å². The highest BCUT2D eigenvalue weighted by atomic mass is 16.5. The molecule has 0 N–H and O–H groups in total. The molecule has 0 bridgehead atoms. The van der Waals surface area contributed by atoms with Gasteiger partial charge in [-0.25, -0.2) is 0 Å². The zero-order chi connectivity index (χ0) is 8.27. The van der Waals surface area contributed by atoms with Crippen molar-refractivity contribution >= 4 is 5.78 Å². The van der Waals surface area contributed by atoms with Gasteiger partial charge < -0.3 is 4.74 Å². The summed E-state index contributed by atoms with van der Waals surface area (Å²) in [6, 6.07) is 0. The van der Waals surface area contributed by atoms with Gasteiger partial charge >= 0.3 is 0 Å². The van der Waals surface area contributed by atoms with E-state index in [1.807, 2.05) is 25.2 Å². The molecule has 0 heterocycles. The van der Waals surface area contributed by atoms with E-state index in [0.29, 0.717) is 6.42 Å². The zero-order valence-electron chi connectivity index (χ0n) is 6.83. The average molecular weight is 152 g/mol. The van der Waals surface area contributed by atoms with Crippen LogP contribution in [0, 0.1) is 5.92 Å². The number of ether oxygens (including phenoxy) is 1. The van der Waals surface area contributed by atoms with Gasteiger partial charge in [0.2, 0.25) is 0 Å². The van der Waals surface area contributed by atoms with Gasteiger partial charge in [0, 0.05) is 5.92 Å². The molecule has 1 rings (SSSR count). The van der Waals surface area contributed by atoms with Gasteiger partial charge in [-0.1, -0.05) is 19.1 Å². The molecule has 0 aromatic rings. The van der Waals surface area contributed by atoms with Crippen LogP contribution in [0.5, 0.6) is 0 Å². The Bertz CT molecular complexity index is 214. The normalized spacial score (nSPS) is 24.4. The lowest BCUT2D eigenvalue weighted by molar-refractivity contribution is -0.120. The van der Waals surface area contributed by atoms with E-state index in [0.717, 1.165) is 5.76 Å². The van der Waals surface area contributed by atoms with Crippen LogP contribution in [0.25, 0.3) is 0 Å². The molecule has 0 aromatic carbocycles. The number of ketones is 1. The summed E-state index contributed by atoms with van der Waals surface area (Å²) in [6.07, 6.45) is 6.01. The first-order valence-electron chi connectivity index (χ1n) is 3.68. The molecule has 2 heteroatoms. The summed E-state index contributed by atoms with van der Waals surface area (Å²) in [5, 5.41) is 0. The van der Waals surface area contributed by atoms with E-state index in [4.69, 9.17) is 4.74 Å². The van der Waals surface area contributed by atoms with Gasteiger partial charge in [0.25, 0.3) is 0 Å². The van der Waals surface area contributed by atoms with E-state index < -0.39 is 0 Å². The van der Waals surface area contributed by atoms with Gasteiger partial charge in [-0.15, -0.1) is 0 Å². The van der Waals surface area contributed by atoms with Crippen LogP contribution in [0.3, 0.4) is 0 Å². The van der Waals surface area contributed by atoms with Crippen LogP contribution in [0.4, 0.5) is 0 Å². The first-order valence-corrected chi connectivity index (χ1v) is 3.68. The molecule has 0 radical (unpaired) electrons. The van der Waals surface area contributed by atoms with Gasteiger partial charge in [0.1, 0.15) is 11.5 Å². The number of methoxy groups -OCH3 is 1. The highest BCUT2D eigenvalue weighted by molar-refractivity contribution is 5.84. The second-order valence-electron chi connectivity index (χ2n) is 2.65. The average Bonchev–Trinajstić information content (AvgIpc) is 2.15. The molecule has 0 fully saturated rings. The van der Waals surface area contributed by atoms with Crippen molar-refractivity contribution in [3.8, 4) is 0 Å². The Morgan fingerprint density at radius 3 is 3.00 bits per heavy atom. The Morgan fingerprint density at radius 1 is 1.64 bits per heavy atom. The molecule has 1 unspecified atom stereocenters. The maximum atomic E-state index is 11.2. The van der Waals surface area contributed by atoms with Crippen LogP contribution in [0.15, 0.2) is 24.0 Å². The minimum Gasteiger partial charge on any atom is -0.501 e. The van der Waals surface area contributed by atoms with Crippen LogP contribution >= 0.6 is 0 Å². The first kappa shape index (κ1) is 8.05. The summed E-state index contributed by atoms with van der Waals surface area (Å²) in [5.41, 5.74) is 0. The zero-order valence-corrected chi connectivity index (χ0v) is 6.83. The third-order valence-corrected chi connectivity index (χ3v) is 1.80. The van der Waals surface area contributed by atoms with Crippen LogP contribution in [0.2, 0.25) is 0 Å². The second-order valence-corrected chi connectivity index (χ2v) is 2.65. The van der Waals surface area contributed by atoms with E-state index in [-0.39, 0.29) is 11.7 Å². The fraction of sp³-hybridized carbons (Fsp3) is 0.444. The molecular weight excluding hydrogens is 140 g/mol. The van der Waals surface area contributed by atoms with Crippen LogP contribution in [-0.2, 0) is 9.53 Å². The van der Waals surface area contributed by atoms with Crippen molar-refractivity contribution in [1.82, 2.24) is 0 Å². The maximum absolute atomic E-state index is 11.2. The van der Waals surface area contributed by atoms with Gasteiger partial charge in [0.15, 0.2) is 0 Å². The summed E-state index contributed by atoms with van der Waals surface area (Å²) >= 11 is 0. The van der Waals surface area contributed by atoms with Crippen molar-refractivity contribution in [2.45, 2.75) is 13.3 Å². The van der Waals surface area contributed by atoms with E-state index in [2.05, 4.69) is 0 Å². The number of hydrogen-bond acceptors (Lipinski definition) is 2. The van der Waals surface area contributed by atoms with Gasteiger partial charge in [-0.2, -0.15) is 0 Å². The van der Waals surface area contributed by atoms with E-state index in [1.165, 1.54) is 0 Å². The Morgan fingerprint density at radius 2 is 2.36 bits per heavy atom. The smallest absolute Gasteiger partial charge is 0.146 e. The Labute approximate surface area is 66.5 Å². The summed E-state index contributed by atoms with van der Waals surface area (Å²) in [4.78, 5) is 11.2. The minimum absolute atomic E-state index is 0.0268. The van der Waals surface area contributed by atoms with Crippen LogP contribution < -0.4 is 0 Å². The van der Waals surface area contributed by atoms with Gasteiger partial charge in [0.05, 0.1) is 13.5 Å². The molecule has 11 heavy (non-hydrogen) atoms. The molecule has 60 valence electrons. The fourth-order valence-electron chi connectivity index (χ4n) is 0.969. The predicted molar refractivity (Wildman–Crippen MR) is 43.0 cm³/mol. The van der Waals surface area contributed by atoms with Crippen molar-refractivity contribution in [1.29, 1.82) is 0 Å². The predicted octanol–water partition coefficient (Wildman–Crippen LogP) is 1.68. The monoisotopic (exact) mass is 152 g/mol. The molecular formula is C9H12O2. The standard InChI is InChI=1S/C9H12O2/c1-7-4-3-5-8(11-2)6-9(7)10/h3-5,7H,6H2,1-2H3. The van der Waals surface area contributed by atoms with E-state index >= 15 is 0 Å². The number of carbonyl (C=O) groups excluding carboxylic acids is 1. The largest absolute Gasteiger partial charge is 0.501 e. The molecule has 0 amide bonds. The quantitative estimate of drug-likeness (QED) is 0.571. The number of carbonyl (C=O) groups is 1. The van der Waals surface area contributed by atoms with Crippen LogP contribution in [-0.4, -0.2) is 12.9 Å². The van der Waals surface area contributed by atoms with Gasteiger partial charge in [-0.3, -0.25) is 4.79 Å². The SMILES string of the molecule is COC1=CC=CC(C)C(=O)C1. The molecule has 1 aliphatic carbocycles. The van der Waals surface area contributed by atoms with Crippen molar-refractivity contribution < 1.29 is 9.53 Å². The molecule has 0 saturated carbocycles. The lowest BCUT2D eigenvalue weighted by Crippen LogP contribution is -2.08. The first-order chi connectivity index (χ1) is 5.24. The molecule has 2 nitrogen and oxygen atoms in total. The lowest BCUT2D eigenvalue weighted by atomic mass is 10.1. The van der Waals surface area contributed by atoms with Crippen molar-refractivity contribution in [3.05, 3.63) is 24.0 Å². The highest BCUT2D eigenvalue weighted by Gasteiger charge is 2.13. The fourth-order valence-corrected chi connectivity index (χ4v) is 0.969. The number of allylic oxidation sites excluding steroid dienone is 4. The Kier molecular flexibility index (Phi) is 2.47. The maximum Gasteiger partial charge on any atom is 0.146 e. The second kappa shape index (κ2) is 3.37. The van der Waals surface area contributed by atoms with Gasteiger partial charge in [-0.05, 0) is 6.08 Å². The van der Waals surface area contributed by atoms with Crippen molar-refractivity contribution in [3.63, 3.8) is 0 Å². The number of rotatable bonds is 1. The van der Waals surface area contributed by atoms with E-state index in [1.54, 1.807) is 7.11 Å². The van der Waals surface area contributed by atoms with Crippen molar-refractivity contribution in [2.24, 2.45) is 5.92 Å². The minimum atomic E-state index is 0.0268. The molecule has 0 aromatic heterocycles. The summed E-state index contributed by atoms with van der Waals surface area (Å²) in [7, 11) is 1.59. The molecule has 1 aliphatic rings. The lowest BCUT2D eigenvalue weighted by Gasteiger charge is -2.04. The number of Topliss-reactive ketones (excluding diaryl/α,β-unsaturated/α-hetero) is 1. The summed E-state index contributed by atoms with van der Waals surface area (Å²) in [6.45, 7) is 1.89. The molecule has 1 atom stereocenters. The highest BCUT2D eigenvalue weighted by Crippen LogP contribution is 2.13. The van der Waals surface area contributed by atoms with Crippen molar-refractivity contribution in [2.75, 3.05) is 7.11 Å². The Balaban J connectivity index is 2.73. The summed E-state index contributed by atoms with van der Waals surface area (Å²) < 4.78 is 4.98. The van der Waals surface area contributed by atoms with Crippen LogP contribution in [0.1, 0.15) is 13.3 Å². The molecule has 0 aliphatic heterocycles. The third-order valence-electron chi connectivity index (χ3n) is 1.80. The molecule has 0 saturated heterocycles. The Hall–Kier alpha value is -1.05. The number of hydrogen-bond donors (Lipinski definition) is 0. The summed E-state index contributed by atoms with van der Waals surface area (Å²) in [5.74, 6) is 0.987.